The summed E-state index contributed by atoms with van der Waals surface area (Å²) < 4.78 is 37.1. The molecule has 0 radical (unpaired) electrons. The summed E-state index contributed by atoms with van der Waals surface area (Å²) in [6.45, 7) is 2.79. The largest absolute Gasteiger partial charge is 0.486 e. The molecule has 0 aliphatic carbocycles. The molecule has 0 fully saturated rings. The molecule has 1 heterocycles. The van der Waals surface area contributed by atoms with Crippen LogP contribution in [0.2, 0.25) is 5.02 Å². The van der Waals surface area contributed by atoms with Crippen molar-refractivity contribution in [2.75, 3.05) is 24.2 Å². The molecule has 10 heteroatoms. The first-order valence-corrected chi connectivity index (χ1v) is 11.4. The minimum absolute atomic E-state index is 0.143. The third-order valence-electron chi connectivity index (χ3n) is 4.00. The van der Waals surface area contributed by atoms with Crippen molar-refractivity contribution >= 4 is 49.1 Å². The summed E-state index contributed by atoms with van der Waals surface area (Å²) in [4.78, 5) is 12.7. The van der Waals surface area contributed by atoms with Crippen LogP contribution in [0.4, 0.5) is 5.69 Å². The Morgan fingerprint density at radius 1 is 1.18 bits per heavy atom. The van der Waals surface area contributed by atoms with Crippen LogP contribution in [0.3, 0.4) is 0 Å². The number of anilines is 1. The van der Waals surface area contributed by atoms with Crippen molar-refractivity contribution in [1.29, 1.82) is 0 Å². The molecule has 150 valence electrons. The topological polar surface area (TPSA) is 93.7 Å². The first kappa shape index (κ1) is 20.8. The summed E-state index contributed by atoms with van der Waals surface area (Å²) in [6, 6.07) is 7.67. The minimum Gasteiger partial charge on any atom is -0.486 e. The Kier molecular flexibility index (Phi) is 6.07. The van der Waals surface area contributed by atoms with Gasteiger partial charge in [0.1, 0.15) is 13.2 Å². The van der Waals surface area contributed by atoms with E-state index in [0.717, 1.165) is 16.3 Å². The van der Waals surface area contributed by atoms with Gasteiger partial charge in [-0.2, -0.15) is 0 Å². The number of hydrogen-bond donors (Lipinski definition) is 2. The third kappa shape index (κ3) is 4.89. The van der Waals surface area contributed by atoms with E-state index in [4.69, 9.17) is 21.1 Å². The molecule has 0 saturated heterocycles. The van der Waals surface area contributed by atoms with Crippen LogP contribution in [0.25, 0.3) is 0 Å². The fraction of sp³-hybridized carbons (Fsp3) is 0.278. The monoisotopic (exact) mass is 488 g/mol. The molecule has 7 nitrogen and oxygen atoms in total. The Hall–Kier alpha value is -1.97. The lowest BCUT2D eigenvalue weighted by Gasteiger charge is -2.22. The predicted molar refractivity (Wildman–Crippen MR) is 111 cm³/mol. The van der Waals surface area contributed by atoms with Crippen LogP contribution >= 0.6 is 27.5 Å². The summed E-state index contributed by atoms with van der Waals surface area (Å²) in [6.07, 6.45) is 1.01. The van der Waals surface area contributed by atoms with Crippen LogP contribution in [0.5, 0.6) is 11.5 Å². The Bertz CT molecular complexity index is 1030. The lowest BCUT2D eigenvalue weighted by atomic mass is 10.1. The molecule has 1 unspecified atom stereocenters. The number of sulfonamides is 1. The van der Waals surface area contributed by atoms with Gasteiger partial charge in [0.2, 0.25) is 10.0 Å². The first-order chi connectivity index (χ1) is 13.1. The molecule has 1 atom stereocenters. The fourth-order valence-corrected chi connectivity index (χ4v) is 4.17. The van der Waals surface area contributed by atoms with E-state index in [-0.39, 0.29) is 28.2 Å². The summed E-state index contributed by atoms with van der Waals surface area (Å²) >= 11 is 9.50. The fourth-order valence-electron chi connectivity index (χ4n) is 2.71. The van der Waals surface area contributed by atoms with E-state index in [2.05, 4.69) is 26.0 Å². The zero-order valence-corrected chi connectivity index (χ0v) is 18.2. The Balaban J connectivity index is 1.80. The molecule has 1 aliphatic rings. The van der Waals surface area contributed by atoms with Gasteiger partial charge in [-0.05, 0) is 42.8 Å². The predicted octanol–water partition coefficient (Wildman–Crippen LogP) is 3.74. The van der Waals surface area contributed by atoms with E-state index >= 15 is 0 Å². The summed E-state index contributed by atoms with van der Waals surface area (Å²) in [7, 11) is -3.52. The summed E-state index contributed by atoms with van der Waals surface area (Å²) in [5.41, 5.74) is 1.24. The van der Waals surface area contributed by atoms with Crippen molar-refractivity contribution in [3.8, 4) is 11.5 Å². The molecule has 0 saturated carbocycles. The molecule has 1 aliphatic heterocycles. The van der Waals surface area contributed by atoms with Crippen molar-refractivity contribution in [1.82, 2.24) is 5.32 Å². The molecule has 0 bridgehead atoms. The average molecular weight is 490 g/mol. The third-order valence-corrected chi connectivity index (χ3v) is 5.61. The van der Waals surface area contributed by atoms with E-state index < -0.39 is 10.0 Å². The van der Waals surface area contributed by atoms with Crippen LogP contribution in [-0.2, 0) is 10.0 Å². The molecule has 2 aromatic carbocycles. The van der Waals surface area contributed by atoms with Crippen molar-refractivity contribution in [2.45, 2.75) is 13.0 Å². The number of fused-ring (bicyclic) bond motifs is 1. The highest BCUT2D eigenvalue weighted by molar-refractivity contribution is 9.10. The zero-order valence-electron chi connectivity index (χ0n) is 15.1. The number of carbonyl (C=O) groups excluding carboxylic acids is 1. The SMILES string of the molecule is CC(NC(=O)c1ccc(Cl)c(NS(C)(=O)=O)c1)c1cc2c(cc1Br)OCCO2. The Morgan fingerprint density at radius 2 is 1.82 bits per heavy atom. The average Bonchev–Trinajstić information content (AvgIpc) is 2.61. The lowest BCUT2D eigenvalue weighted by molar-refractivity contribution is 0.0939. The van der Waals surface area contributed by atoms with Gasteiger partial charge in [0, 0.05) is 10.0 Å². The molecule has 2 aromatic rings. The highest BCUT2D eigenvalue weighted by Gasteiger charge is 2.20. The molecule has 0 spiro atoms. The van der Waals surface area contributed by atoms with Gasteiger partial charge in [-0.15, -0.1) is 0 Å². The smallest absolute Gasteiger partial charge is 0.251 e. The number of benzene rings is 2. The number of nitrogens with one attached hydrogen (secondary N) is 2. The van der Waals surface area contributed by atoms with Gasteiger partial charge in [0.25, 0.3) is 5.91 Å². The molecule has 2 N–H and O–H groups in total. The molecule has 1 amide bonds. The van der Waals surface area contributed by atoms with Crippen molar-refractivity contribution in [3.63, 3.8) is 0 Å². The van der Waals surface area contributed by atoms with Gasteiger partial charge in [-0.3, -0.25) is 9.52 Å². The molecular weight excluding hydrogens is 472 g/mol. The minimum atomic E-state index is -3.52. The number of carbonyl (C=O) groups is 1. The van der Waals surface area contributed by atoms with Gasteiger partial charge in [0.05, 0.1) is 23.0 Å². The number of rotatable bonds is 5. The van der Waals surface area contributed by atoms with Gasteiger partial charge in [0.15, 0.2) is 11.5 Å². The number of hydrogen-bond acceptors (Lipinski definition) is 5. The van der Waals surface area contributed by atoms with E-state index in [1.807, 2.05) is 19.1 Å². The van der Waals surface area contributed by atoms with Crippen molar-refractivity contribution in [3.05, 3.63) is 51.0 Å². The normalized spacial score (nSPS) is 14.3. The van der Waals surface area contributed by atoms with Crippen LogP contribution in [0.1, 0.15) is 28.9 Å². The van der Waals surface area contributed by atoms with Crippen LogP contribution in [0.15, 0.2) is 34.8 Å². The second kappa shape index (κ2) is 8.18. The van der Waals surface area contributed by atoms with Crippen molar-refractivity contribution in [2.24, 2.45) is 0 Å². The zero-order chi connectivity index (χ0) is 20.5. The standard InChI is InChI=1S/C18H18BrClN2O5S/c1-10(12-8-16-17(9-13(12)19)27-6-5-26-16)21-18(23)11-3-4-14(20)15(7-11)22-28(2,24)25/h3-4,7-10,22H,5-6H2,1-2H3,(H,21,23). The highest BCUT2D eigenvalue weighted by atomic mass is 79.9. The molecular formula is C18H18BrClN2O5S. The van der Waals surface area contributed by atoms with E-state index in [9.17, 15) is 13.2 Å². The van der Waals surface area contributed by atoms with Gasteiger partial charge in [-0.1, -0.05) is 27.5 Å². The second-order valence-electron chi connectivity index (χ2n) is 6.28. The Morgan fingerprint density at radius 3 is 2.46 bits per heavy atom. The van der Waals surface area contributed by atoms with E-state index in [1.54, 1.807) is 0 Å². The maximum absolute atomic E-state index is 12.7. The summed E-state index contributed by atoms with van der Waals surface area (Å²) in [5.74, 6) is 0.897. The summed E-state index contributed by atoms with van der Waals surface area (Å²) in [5, 5.41) is 3.08. The van der Waals surface area contributed by atoms with Gasteiger partial charge < -0.3 is 14.8 Å². The van der Waals surface area contributed by atoms with Gasteiger partial charge >= 0.3 is 0 Å². The maximum Gasteiger partial charge on any atom is 0.251 e. The molecule has 0 aromatic heterocycles. The van der Waals surface area contributed by atoms with E-state index in [1.165, 1.54) is 18.2 Å². The van der Waals surface area contributed by atoms with E-state index in [0.29, 0.717) is 24.7 Å². The van der Waals surface area contributed by atoms with Gasteiger partial charge in [-0.25, -0.2) is 8.42 Å². The van der Waals surface area contributed by atoms with Crippen LogP contribution in [0, 0.1) is 0 Å². The molecule has 28 heavy (non-hydrogen) atoms. The molecule has 3 rings (SSSR count). The number of amides is 1. The first-order valence-electron chi connectivity index (χ1n) is 8.31. The van der Waals surface area contributed by atoms with Crippen LogP contribution in [-0.4, -0.2) is 33.8 Å². The highest BCUT2D eigenvalue weighted by Crippen LogP contribution is 2.37. The quantitative estimate of drug-likeness (QED) is 0.667. The van der Waals surface area contributed by atoms with Crippen LogP contribution < -0.4 is 19.5 Å². The lowest BCUT2D eigenvalue weighted by Crippen LogP contribution is -2.27. The second-order valence-corrected chi connectivity index (χ2v) is 9.29. The van der Waals surface area contributed by atoms with Crippen molar-refractivity contribution < 1.29 is 22.7 Å². The number of ether oxygens (including phenoxy) is 2. The maximum atomic E-state index is 12.7. The number of halogens is 2. The Labute approximate surface area is 176 Å².